The molecule has 0 bridgehead atoms. The smallest absolute Gasteiger partial charge is 0.305 e. The summed E-state index contributed by atoms with van der Waals surface area (Å²) < 4.78 is 4.48. The van der Waals surface area contributed by atoms with Gasteiger partial charge in [0, 0.05) is 18.8 Å². The molecule has 0 radical (unpaired) electrons. The van der Waals surface area contributed by atoms with E-state index in [1.807, 2.05) is 0 Å². The maximum atomic E-state index is 10.8. The third-order valence-corrected chi connectivity index (χ3v) is 2.04. The van der Waals surface area contributed by atoms with Gasteiger partial charge < -0.3 is 9.53 Å². The Morgan fingerprint density at radius 3 is 2.79 bits per heavy atom. The van der Waals surface area contributed by atoms with Crippen molar-refractivity contribution in [2.75, 3.05) is 7.11 Å². The molecule has 0 rings (SSSR count). The lowest BCUT2D eigenvalue weighted by Gasteiger charge is -2.07. The summed E-state index contributed by atoms with van der Waals surface area (Å²) in [4.78, 5) is 21.4. The molecule has 0 fully saturated rings. The number of aldehydes is 1. The van der Waals surface area contributed by atoms with Crippen molar-refractivity contribution >= 4 is 12.3 Å². The topological polar surface area (TPSA) is 43.4 Å². The highest BCUT2D eigenvalue weighted by Crippen LogP contribution is 2.12. The highest BCUT2D eigenvalue weighted by molar-refractivity contribution is 5.69. The van der Waals surface area contributed by atoms with Gasteiger partial charge in [-0.25, -0.2) is 0 Å². The van der Waals surface area contributed by atoms with E-state index in [0.29, 0.717) is 19.3 Å². The summed E-state index contributed by atoms with van der Waals surface area (Å²) in [7, 11) is 1.34. The largest absolute Gasteiger partial charge is 0.469 e. The van der Waals surface area contributed by atoms with Crippen molar-refractivity contribution in [3.63, 3.8) is 0 Å². The number of ether oxygens (including phenoxy) is 1. The van der Waals surface area contributed by atoms with Gasteiger partial charge in [-0.3, -0.25) is 4.79 Å². The van der Waals surface area contributed by atoms with Crippen LogP contribution in [0.5, 0.6) is 0 Å². The van der Waals surface area contributed by atoms with Crippen molar-refractivity contribution in [1.82, 2.24) is 0 Å². The first kappa shape index (κ1) is 12.7. The van der Waals surface area contributed by atoms with E-state index < -0.39 is 0 Å². The van der Waals surface area contributed by atoms with Crippen LogP contribution in [-0.4, -0.2) is 19.4 Å². The zero-order valence-electron chi connectivity index (χ0n) is 8.49. The summed E-state index contributed by atoms with van der Waals surface area (Å²) in [6, 6.07) is 0. The fraction of sp³-hybridized carbons (Fsp3) is 0.636. The first-order valence-electron chi connectivity index (χ1n) is 4.70. The van der Waals surface area contributed by atoms with Gasteiger partial charge in [-0.15, -0.1) is 12.3 Å². The predicted octanol–water partition coefficient (Wildman–Crippen LogP) is 1.56. The van der Waals surface area contributed by atoms with Crippen LogP contribution in [0.15, 0.2) is 0 Å². The molecule has 0 aliphatic rings. The molecule has 0 saturated carbocycles. The average Bonchev–Trinajstić information content (AvgIpc) is 2.22. The molecular formula is C11H16O3. The SMILES string of the molecule is C#CCCCC(C=O)CCC(=O)OC. The monoisotopic (exact) mass is 196 g/mol. The Morgan fingerprint density at radius 2 is 2.29 bits per heavy atom. The van der Waals surface area contributed by atoms with E-state index >= 15 is 0 Å². The minimum absolute atomic E-state index is 0.0672. The van der Waals surface area contributed by atoms with Crippen LogP contribution in [0.2, 0.25) is 0 Å². The number of hydrogen-bond acceptors (Lipinski definition) is 3. The summed E-state index contributed by atoms with van der Waals surface area (Å²) in [5.41, 5.74) is 0. The summed E-state index contributed by atoms with van der Waals surface area (Å²) in [5.74, 6) is 2.18. The van der Waals surface area contributed by atoms with Crippen molar-refractivity contribution in [3.05, 3.63) is 0 Å². The van der Waals surface area contributed by atoms with Crippen molar-refractivity contribution < 1.29 is 14.3 Å². The molecule has 0 aromatic heterocycles. The zero-order valence-corrected chi connectivity index (χ0v) is 8.49. The maximum absolute atomic E-state index is 10.8. The normalized spacial score (nSPS) is 11.4. The molecule has 0 spiro atoms. The van der Waals surface area contributed by atoms with Crippen LogP contribution < -0.4 is 0 Å². The number of terminal acetylenes is 1. The van der Waals surface area contributed by atoms with Gasteiger partial charge in [-0.05, 0) is 19.3 Å². The first-order valence-corrected chi connectivity index (χ1v) is 4.70. The molecule has 0 aliphatic heterocycles. The van der Waals surface area contributed by atoms with E-state index in [0.717, 1.165) is 19.1 Å². The highest BCUT2D eigenvalue weighted by atomic mass is 16.5. The van der Waals surface area contributed by atoms with E-state index in [4.69, 9.17) is 6.42 Å². The van der Waals surface area contributed by atoms with Crippen molar-refractivity contribution in [2.24, 2.45) is 5.92 Å². The molecule has 0 aromatic carbocycles. The van der Waals surface area contributed by atoms with Crippen molar-refractivity contribution in [3.8, 4) is 12.3 Å². The standard InChI is InChI=1S/C11H16O3/c1-3-4-5-6-10(9-12)7-8-11(13)14-2/h1,9-10H,4-8H2,2H3. The first-order chi connectivity index (χ1) is 6.74. The molecule has 1 unspecified atom stereocenters. The molecule has 0 aliphatic carbocycles. The molecule has 3 nitrogen and oxygen atoms in total. The van der Waals surface area contributed by atoms with E-state index in [1.54, 1.807) is 0 Å². The second kappa shape index (κ2) is 8.31. The average molecular weight is 196 g/mol. The number of carbonyl (C=O) groups excluding carboxylic acids is 2. The van der Waals surface area contributed by atoms with Gasteiger partial charge in [-0.1, -0.05) is 0 Å². The van der Waals surface area contributed by atoms with E-state index in [9.17, 15) is 9.59 Å². The molecule has 0 heterocycles. The molecule has 0 amide bonds. The maximum Gasteiger partial charge on any atom is 0.305 e. The van der Waals surface area contributed by atoms with E-state index in [2.05, 4.69) is 10.7 Å². The Labute approximate surface area is 84.8 Å². The summed E-state index contributed by atoms with van der Waals surface area (Å²) >= 11 is 0. The van der Waals surface area contributed by atoms with Crippen molar-refractivity contribution in [2.45, 2.75) is 32.1 Å². The molecule has 14 heavy (non-hydrogen) atoms. The van der Waals surface area contributed by atoms with Crippen LogP contribution in [0.4, 0.5) is 0 Å². The molecule has 78 valence electrons. The van der Waals surface area contributed by atoms with E-state index in [-0.39, 0.29) is 11.9 Å². The molecule has 1 atom stereocenters. The molecule has 0 saturated heterocycles. The summed E-state index contributed by atoms with van der Waals surface area (Å²) in [6.45, 7) is 0. The van der Waals surface area contributed by atoms with E-state index in [1.165, 1.54) is 7.11 Å². The highest BCUT2D eigenvalue weighted by Gasteiger charge is 2.09. The summed E-state index contributed by atoms with van der Waals surface area (Å²) in [5, 5.41) is 0. The molecule has 0 aromatic rings. The molecule has 3 heteroatoms. The van der Waals surface area contributed by atoms with Gasteiger partial charge in [0.15, 0.2) is 0 Å². The predicted molar refractivity (Wildman–Crippen MR) is 53.5 cm³/mol. The minimum Gasteiger partial charge on any atom is -0.469 e. The van der Waals surface area contributed by atoms with Crippen LogP contribution in [0.25, 0.3) is 0 Å². The Balaban J connectivity index is 3.64. The van der Waals surface area contributed by atoms with Gasteiger partial charge in [0.25, 0.3) is 0 Å². The number of hydrogen-bond donors (Lipinski definition) is 0. The van der Waals surface area contributed by atoms with Gasteiger partial charge in [0.05, 0.1) is 7.11 Å². The third kappa shape index (κ3) is 6.24. The number of esters is 1. The fourth-order valence-corrected chi connectivity index (χ4v) is 1.15. The Hall–Kier alpha value is -1.30. The number of methoxy groups -OCH3 is 1. The fourth-order valence-electron chi connectivity index (χ4n) is 1.15. The Kier molecular flexibility index (Phi) is 7.53. The van der Waals surface area contributed by atoms with Crippen molar-refractivity contribution in [1.29, 1.82) is 0 Å². The summed E-state index contributed by atoms with van der Waals surface area (Å²) in [6.07, 6.45) is 9.11. The Bertz CT molecular complexity index is 215. The molecule has 0 N–H and O–H groups in total. The van der Waals surface area contributed by atoms with Gasteiger partial charge >= 0.3 is 5.97 Å². The van der Waals surface area contributed by atoms with Crippen LogP contribution in [0.3, 0.4) is 0 Å². The van der Waals surface area contributed by atoms with Gasteiger partial charge in [0.2, 0.25) is 0 Å². The van der Waals surface area contributed by atoms with Crippen LogP contribution in [0.1, 0.15) is 32.1 Å². The minimum atomic E-state index is -0.270. The quantitative estimate of drug-likeness (QED) is 0.268. The van der Waals surface area contributed by atoms with Crippen LogP contribution in [-0.2, 0) is 14.3 Å². The van der Waals surface area contributed by atoms with Gasteiger partial charge in [0.1, 0.15) is 6.29 Å². The lowest BCUT2D eigenvalue weighted by molar-refractivity contribution is -0.140. The van der Waals surface area contributed by atoms with Gasteiger partial charge in [-0.2, -0.15) is 0 Å². The zero-order chi connectivity index (χ0) is 10.8. The third-order valence-electron chi connectivity index (χ3n) is 2.04. The molecular weight excluding hydrogens is 180 g/mol. The Morgan fingerprint density at radius 1 is 1.57 bits per heavy atom. The number of unbranched alkanes of at least 4 members (excludes halogenated alkanes) is 1. The number of rotatable bonds is 7. The lowest BCUT2D eigenvalue weighted by Crippen LogP contribution is -2.07. The lowest BCUT2D eigenvalue weighted by atomic mass is 9.98. The second-order valence-corrected chi connectivity index (χ2v) is 3.11. The second-order valence-electron chi connectivity index (χ2n) is 3.11. The number of carbonyl (C=O) groups is 2. The van der Waals surface area contributed by atoms with Crippen LogP contribution >= 0.6 is 0 Å². The van der Waals surface area contributed by atoms with Crippen LogP contribution in [0, 0.1) is 18.3 Å².